The zero-order valence-corrected chi connectivity index (χ0v) is 21.1. The fraction of sp³-hybridized carbons (Fsp3) is 0.222. The van der Waals surface area contributed by atoms with E-state index in [0.717, 1.165) is 34.2 Å². The molecule has 2 amide bonds. The summed E-state index contributed by atoms with van der Waals surface area (Å²) in [4.78, 5) is 16.3. The molecule has 1 aromatic heterocycles. The number of carbonyl (C=O) groups is 1. The largest absolute Gasteiger partial charge is 0.418 e. The van der Waals surface area contributed by atoms with Crippen LogP contribution in [0.3, 0.4) is 0 Å². The maximum absolute atomic E-state index is 13.4. The molecule has 1 aliphatic rings. The van der Waals surface area contributed by atoms with E-state index in [1.165, 1.54) is 4.90 Å². The van der Waals surface area contributed by atoms with E-state index >= 15 is 0 Å². The molecule has 4 aromatic rings. The number of amides is 2. The van der Waals surface area contributed by atoms with Gasteiger partial charge >= 0.3 is 12.2 Å². The number of halogens is 5. The van der Waals surface area contributed by atoms with Gasteiger partial charge in [0.2, 0.25) is 0 Å². The summed E-state index contributed by atoms with van der Waals surface area (Å²) in [6.45, 7) is 2.84. The minimum absolute atomic E-state index is 0. The van der Waals surface area contributed by atoms with Gasteiger partial charge in [0.15, 0.2) is 5.82 Å². The highest BCUT2D eigenvalue weighted by atomic mass is 35.5. The fourth-order valence-electron chi connectivity index (χ4n) is 4.62. The van der Waals surface area contributed by atoms with Crippen LogP contribution >= 0.6 is 12.4 Å². The van der Waals surface area contributed by atoms with Crippen LogP contribution in [0.5, 0.6) is 0 Å². The molecule has 5 rings (SSSR count). The summed E-state index contributed by atoms with van der Waals surface area (Å²) in [6.07, 6.45) is -4.80. The molecule has 198 valence electrons. The van der Waals surface area contributed by atoms with Crippen molar-refractivity contribution in [1.29, 1.82) is 0 Å². The molecule has 0 saturated carbocycles. The van der Waals surface area contributed by atoms with Crippen LogP contribution in [0.1, 0.15) is 12.5 Å². The summed E-state index contributed by atoms with van der Waals surface area (Å²) in [6, 6.07) is 18.9. The van der Waals surface area contributed by atoms with Crippen LogP contribution in [0.2, 0.25) is 0 Å². The van der Waals surface area contributed by atoms with E-state index in [1.807, 2.05) is 66.4 Å². The maximum Gasteiger partial charge on any atom is 0.418 e. The Morgan fingerprint density at radius 1 is 0.947 bits per heavy atom. The third-order valence-corrected chi connectivity index (χ3v) is 6.43. The molecule has 0 radical (unpaired) electrons. The number of aromatic nitrogens is 2. The number of hydrogen-bond acceptors (Lipinski definition) is 4. The van der Waals surface area contributed by atoms with Crippen LogP contribution in [0.15, 0.2) is 72.8 Å². The average Bonchev–Trinajstić information content (AvgIpc) is 2.89. The van der Waals surface area contributed by atoms with Crippen LogP contribution in [0.4, 0.5) is 33.9 Å². The number of rotatable bonds is 3. The molecule has 1 fully saturated rings. The summed E-state index contributed by atoms with van der Waals surface area (Å²) in [5.41, 5.74) is 0.00632. The molecule has 1 N–H and O–H groups in total. The lowest BCUT2D eigenvalue weighted by atomic mass is 10.0. The topological polar surface area (TPSA) is 61.4 Å². The summed E-state index contributed by atoms with van der Waals surface area (Å²) >= 11 is 0. The summed E-state index contributed by atoms with van der Waals surface area (Å²) in [5, 5.41) is 13.2. The molecular weight excluding hydrogens is 522 g/mol. The first kappa shape index (κ1) is 27.1. The predicted molar refractivity (Wildman–Crippen MR) is 141 cm³/mol. The van der Waals surface area contributed by atoms with Gasteiger partial charge in [0.05, 0.1) is 11.3 Å². The number of alkyl halides is 3. The normalized spacial score (nSPS) is 15.8. The summed E-state index contributed by atoms with van der Waals surface area (Å²) in [5.74, 6) is -0.347. The smallest absolute Gasteiger partial charge is 0.348 e. The average molecular weight is 546 g/mol. The van der Waals surface area contributed by atoms with Gasteiger partial charge in [0.25, 0.3) is 0 Å². The van der Waals surface area contributed by atoms with Gasteiger partial charge in [-0.2, -0.15) is 13.2 Å². The molecule has 0 spiro atoms. The number of nitrogens with zero attached hydrogens (tertiary/aromatic N) is 4. The Kier molecular flexibility index (Phi) is 7.73. The molecule has 38 heavy (non-hydrogen) atoms. The summed E-state index contributed by atoms with van der Waals surface area (Å²) in [7, 11) is 0. The van der Waals surface area contributed by atoms with E-state index in [0.29, 0.717) is 18.4 Å². The van der Waals surface area contributed by atoms with E-state index in [4.69, 9.17) is 0 Å². The van der Waals surface area contributed by atoms with Crippen molar-refractivity contribution in [2.75, 3.05) is 29.9 Å². The van der Waals surface area contributed by atoms with Crippen molar-refractivity contribution < 1.29 is 22.4 Å². The number of urea groups is 1. The van der Waals surface area contributed by atoms with Crippen LogP contribution in [-0.2, 0) is 6.18 Å². The third kappa shape index (κ3) is 5.35. The van der Waals surface area contributed by atoms with Crippen molar-refractivity contribution in [3.8, 4) is 11.3 Å². The quantitative estimate of drug-likeness (QED) is 0.294. The second-order valence-electron chi connectivity index (χ2n) is 8.89. The van der Waals surface area contributed by atoms with Gasteiger partial charge in [-0.15, -0.1) is 22.6 Å². The van der Waals surface area contributed by atoms with Crippen LogP contribution < -0.4 is 10.2 Å². The number of carbonyl (C=O) groups excluding carboxylic acids is 1. The van der Waals surface area contributed by atoms with Crippen molar-refractivity contribution >= 4 is 40.7 Å². The Labute approximate surface area is 222 Å². The van der Waals surface area contributed by atoms with Gasteiger partial charge in [0.1, 0.15) is 11.5 Å². The molecule has 1 aliphatic heterocycles. The van der Waals surface area contributed by atoms with Gasteiger partial charge < -0.3 is 15.1 Å². The minimum atomic E-state index is -4.80. The highest BCUT2D eigenvalue weighted by Gasteiger charge is 2.35. The summed E-state index contributed by atoms with van der Waals surface area (Å²) < 4.78 is 53.4. The molecule has 0 bridgehead atoms. The third-order valence-electron chi connectivity index (χ3n) is 6.43. The highest BCUT2D eigenvalue weighted by molar-refractivity contribution is 6.00. The molecule has 11 heteroatoms. The molecular formula is C27H24ClF4N5O. The van der Waals surface area contributed by atoms with E-state index < -0.39 is 29.3 Å². The van der Waals surface area contributed by atoms with Crippen LogP contribution in [0.25, 0.3) is 22.0 Å². The van der Waals surface area contributed by atoms with E-state index in [-0.39, 0.29) is 31.5 Å². The SMILES string of the molecule is CC1CN(C(=O)Nc2ccc(F)cc2C(F)(F)F)CCN1c1nnc(-c2ccccc2)c2ccccc12.Cl. The number of fused-ring (bicyclic) bond motifs is 1. The first-order valence-corrected chi connectivity index (χ1v) is 11.7. The van der Waals surface area contributed by atoms with E-state index in [9.17, 15) is 22.4 Å². The van der Waals surface area contributed by atoms with Crippen molar-refractivity contribution in [1.82, 2.24) is 15.1 Å². The van der Waals surface area contributed by atoms with Gasteiger partial charge in [-0.1, -0.05) is 54.6 Å². The first-order chi connectivity index (χ1) is 17.7. The minimum Gasteiger partial charge on any atom is -0.348 e. The van der Waals surface area contributed by atoms with Crippen molar-refractivity contribution in [2.45, 2.75) is 19.1 Å². The van der Waals surface area contributed by atoms with Crippen molar-refractivity contribution in [2.24, 2.45) is 0 Å². The Morgan fingerprint density at radius 2 is 1.63 bits per heavy atom. The van der Waals surface area contributed by atoms with Gasteiger partial charge in [-0.3, -0.25) is 0 Å². The van der Waals surface area contributed by atoms with Crippen LogP contribution in [0, 0.1) is 5.82 Å². The number of anilines is 2. The van der Waals surface area contributed by atoms with Crippen molar-refractivity contribution in [3.05, 3.63) is 84.2 Å². The maximum atomic E-state index is 13.4. The molecule has 0 aliphatic carbocycles. The lowest BCUT2D eigenvalue weighted by Gasteiger charge is -2.40. The zero-order valence-electron chi connectivity index (χ0n) is 20.2. The lowest BCUT2D eigenvalue weighted by molar-refractivity contribution is -0.137. The number of nitrogens with one attached hydrogen (secondary N) is 1. The van der Waals surface area contributed by atoms with E-state index in [2.05, 4.69) is 15.5 Å². The highest BCUT2D eigenvalue weighted by Crippen LogP contribution is 2.36. The zero-order chi connectivity index (χ0) is 26.2. The molecule has 2 heterocycles. The van der Waals surface area contributed by atoms with E-state index in [1.54, 1.807) is 0 Å². The Bertz CT molecular complexity index is 1450. The lowest BCUT2D eigenvalue weighted by Crippen LogP contribution is -2.55. The first-order valence-electron chi connectivity index (χ1n) is 11.7. The fourth-order valence-corrected chi connectivity index (χ4v) is 4.62. The molecule has 1 unspecified atom stereocenters. The molecule has 3 aromatic carbocycles. The molecule has 1 saturated heterocycles. The van der Waals surface area contributed by atoms with Gasteiger partial charge in [-0.25, -0.2) is 9.18 Å². The van der Waals surface area contributed by atoms with Gasteiger partial charge in [0, 0.05) is 42.0 Å². The van der Waals surface area contributed by atoms with Crippen LogP contribution in [-0.4, -0.2) is 46.8 Å². The van der Waals surface area contributed by atoms with Gasteiger partial charge in [-0.05, 0) is 25.1 Å². The standard InChI is InChI=1S/C27H23F4N5O.ClH/c1-17-16-35(26(37)32-23-12-11-19(28)15-22(23)27(29,30)31)13-14-36(17)25-21-10-6-5-9-20(21)24(33-34-25)18-7-3-2-4-8-18;/h2-12,15,17H,13-14,16H2,1H3,(H,32,37);1H. The Hall–Kier alpha value is -3.92. The molecule has 6 nitrogen and oxygen atoms in total. The van der Waals surface area contributed by atoms with Crippen molar-refractivity contribution in [3.63, 3.8) is 0 Å². The monoisotopic (exact) mass is 545 g/mol. The number of benzene rings is 3. The second kappa shape index (κ2) is 10.8. The molecule has 1 atom stereocenters. The predicted octanol–water partition coefficient (Wildman–Crippen LogP) is 6.62. The Morgan fingerprint density at radius 3 is 2.32 bits per heavy atom. The number of hydrogen-bond donors (Lipinski definition) is 1. The number of piperazine rings is 1. The Balaban J connectivity index is 0.00000336. The second-order valence-corrected chi connectivity index (χ2v) is 8.89.